The van der Waals surface area contributed by atoms with E-state index in [1.807, 2.05) is 13.8 Å². The first-order valence-corrected chi connectivity index (χ1v) is 8.82. The van der Waals surface area contributed by atoms with Gasteiger partial charge in [-0.2, -0.15) is 0 Å². The van der Waals surface area contributed by atoms with Gasteiger partial charge in [0.05, 0.1) is 6.61 Å². The zero-order chi connectivity index (χ0) is 17.2. The third-order valence-electron chi connectivity index (χ3n) is 4.46. The smallest absolute Gasteiger partial charge is 0.162 e. The minimum Gasteiger partial charge on any atom is -0.498 e. The molecule has 1 N–H and O–H groups in total. The van der Waals surface area contributed by atoms with Crippen molar-refractivity contribution in [2.45, 2.75) is 72.8 Å². The van der Waals surface area contributed by atoms with E-state index in [0.29, 0.717) is 12.5 Å². The first-order chi connectivity index (χ1) is 10.7. The molecule has 3 nitrogen and oxygen atoms in total. The van der Waals surface area contributed by atoms with E-state index in [2.05, 4.69) is 32.2 Å². The summed E-state index contributed by atoms with van der Waals surface area (Å²) in [5.41, 5.74) is 4.25. The fourth-order valence-corrected chi connectivity index (χ4v) is 3.81. The highest BCUT2D eigenvalue weighted by Crippen LogP contribution is 2.44. The van der Waals surface area contributed by atoms with Crippen molar-refractivity contribution in [1.82, 2.24) is 5.32 Å². The summed E-state index contributed by atoms with van der Waals surface area (Å²) in [6.07, 6.45) is 6.79. The predicted molar refractivity (Wildman–Crippen MR) is 95.0 cm³/mol. The normalized spacial score (nSPS) is 22.3. The van der Waals surface area contributed by atoms with E-state index >= 15 is 0 Å². The van der Waals surface area contributed by atoms with Crippen molar-refractivity contribution < 1.29 is 9.53 Å². The van der Waals surface area contributed by atoms with Crippen molar-refractivity contribution in [1.29, 1.82) is 0 Å². The van der Waals surface area contributed by atoms with E-state index in [0.717, 1.165) is 35.4 Å². The van der Waals surface area contributed by atoms with E-state index in [4.69, 9.17) is 4.74 Å². The fraction of sp³-hybridized carbons (Fsp3) is 0.650. The minimum absolute atomic E-state index is 0.0625. The van der Waals surface area contributed by atoms with Crippen LogP contribution in [-0.2, 0) is 9.53 Å². The Balaban J connectivity index is 2.48. The number of Topliss-reactive ketones (excluding diaryl/α,β-unsaturated/α-hetero) is 1. The number of carbonyl (C=O) groups excluding carboxylic acids is 1. The van der Waals surface area contributed by atoms with Crippen LogP contribution < -0.4 is 5.32 Å². The van der Waals surface area contributed by atoms with Crippen LogP contribution in [0.5, 0.6) is 0 Å². The van der Waals surface area contributed by atoms with Crippen molar-refractivity contribution in [3.63, 3.8) is 0 Å². The number of nitrogens with one attached hydrogen (secondary N) is 1. The molecule has 1 atom stereocenters. The minimum atomic E-state index is -0.0625. The molecule has 2 rings (SSSR count). The van der Waals surface area contributed by atoms with Crippen molar-refractivity contribution in [2.24, 2.45) is 5.92 Å². The zero-order valence-corrected chi connectivity index (χ0v) is 15.5. The summed E-state index contributed by atoms with van der Waals surface area (Å²) in [5, 5.41) is 3.47. The number of fused-ring (bicyclic) bond motifs is 1. The molecule has 23 heavy (non-hydrogen) atoms. The molecule has 0 aliphatic heterocycles. The Hall–Kier alpha value is -1.51. The molecule has 1 fully saturated rings. The van der Waals surface area contributed by atoms with Crippen molar-refractivity contribution >= 4 is 5.78 Å². The van der Waals surface area contributed by atoms with Crippen molar-refractivity contribution in [3.8, 4) is 0 Å². The van der Waals surface area contributed by atoms with Gasteiger partial charge in [0.1, 0.15) is 5.76 Å². The molecule has 0 aromatic carbocycles. The highest BCUT2D eigenvalue weighted by Gasteiger charge is 2.34. The second-order valence-electron chi connectivity index (χ2n) is 7.65. The highest BCUT2D eigenvalue weighted by molar-refractivity contribution is 5.99. The lowest BCUT2D eigenvalue weighted by molar-refractivity contribution is -0.113. The summed E-state index contributed by atoms with van der Waals surface area (Å²) in [6, 6.07) is 0. The van der Waals surface area contributed by atoms with Gasteiger partial charge in [0.15, 0.2) is 5.78 Å². The van der Waals surface area contributed by atoms with Crippen LogP contribution in [0.1, 0.15) is 67.2 Å². The SMILES string of the molecule is CCOC1=CC(/C(C(C)=O)=C(\C)NC(C)(C)C)=C2CCCC[C@@H]12. The number of allylic oxidation sites excluding steroid dienone is 5. The van der Waals surface area contributed by atoms with Gasteiger partial charge in [-0.25, -0.2) is 0 Å². The lowest BCUT2D eigenvalue weighted by atomic mass is 9.83. The van der Waals surface area contributed by atoms with Gasteiger partial charge in [0, 0.05) is 22.7 Å². The summed E-state index contributed by atoms with van der Waals surface area (Å²) in [5.74, 6) is 1.56. The molecule has 1 saturated carbocycles. The predicted octanol–water partition coefficient (Wildman–Crippen LogP) is 4.66. The number of carbonyl (C=O) groups is 1. The summed E-state index contributed by atoms with van der Waals surface area (Å²) in [7, 11) is 0. The van der Waals surface area contributed by atoms with Crippen molar-refractivity contribution in [3.05, 3.63) is 34.3 Å². The Morgan fingerprint density at radius 3 is 2.57 bits per heavy atom. The molecule has 128 valence electrons. The van der Waals surface area contributed by atoms with Gasteiger partial charge >= 0.3 is 0 Å². The molecule has 0 unspecified atom stereocenters. The second-order valence-corrected chi connectivity index (χ2v) is 7.65. The van der Waals surface area contributed by atoms with Crippen LogP contribution in [0.2, 0.25) is 0 Å². The number of hydrogen-bond donors (Lipinski definition) is 1. The van der Waals surface area contributed by atoms with Crippen LogP contribution in [0.15, 0.2) is 34.3 Å². The molecule has 0 bridgehead atoms. The molecule has 2 aliphatic carbocycles. The Morgan fingerprint density at radius 2 is 2.00 bits per heavy atom. The van der Waals surface area contributed by atoms with Gasteiger partial charge in [0.2, 0.25) is 0 Å². The average Bonchev–Trinajstić information content (AvgIpc) is 2.76. The third-order valence-corrected chi connectivity index (χ3v) is 4.46. The Bertz CT molecular complexity index is 573. The van der Waals surface area contributed by atoms with E-state index in [1.54, 1.807) is 6.92 Å². The molecular weight excluding hydrogens is 286 g/mol. The number of hydrogen-bond acceptors (Lipinski definition) is 3. The largest absolute Gasteiger partial charge is 0.498 e. The van der Waals surface area contributed by atoms with Crippen LogP contribution in [0.3, 0.4) is 0 Å². The molecule has 0 amide bonds. The first kappa shape index (κ1) is 17.8. The molecule has 0 saturated heterocycles. The molecular formula is C20H31NO2. The lowest BCUT2D eigenvalue weighted by Crippen LogP contribution is -2.35. The first-order valence-electron chi connectivity index (χ1n) is 8.82. The summed E-state index contributed by atoms with van der Waals surface area (Å²) >= 11 is 0. The Labute approximate surface area is 140 Å². The van der Waals surface area contributed by atoms with Crippen LogP contribution in [0.4, 0.5) is 0 Å². The monoisotopic (exact) mass is 317 g/mol. The average molecular weight is 317 g/mol. The Kier molecular flexibility index (Phi) is 5.38. The van der Waals surface area contributed by atoms with E-state index in [1.165, 1.54) is 18.4 Å². The number of ether oxygens (including phenoxy) is 1. The molecule has 0 heterocycles. The number of rotatable bonds is 5. The lowest BCUT2D eigenvalue weighted by Gasteiger charge is -2.26. The summed E-state index contributed by atoms with van der Waals surface area (Å²) in [6.45, 7) is 12.7. The molecule has 0 aromatic heterocycles. The molecule has 0 radical (unpaired) electrons. The Morgan fingerprint density at radius 1 is 1.30 bits per heavy atom. The van der Waals surface area contributed by atoms with E-state index < -0.39 is 0 Å². The summed E-state index contributed by atoms with van der Waals surface area (Å²) in [4.78, 5) is 12.4. The van der Waals surface area contributed by atoms with Gasteiger partial charge in [-0.15, -0.1) is 0 Å². The standard InChI is InChI=1S/C20H31NO2/c1-7-23-18-12-17(15-10-8-9-11-16(15)18)19(14(3)22)13(2)21-20(4,5)6/h12,16,21H,7-11H2,1-6H3/b19-13+/t16-/m1/s1. The van der Waals surface area contributed by atoms with Gasteiger partial charge in [0.25, 0.3) is 0 Å². The highest BCUT2D eigenvalue weighted by atomic mass is 16.5. The summed E-state index contributed by atoms with van der Waals surface area (Å²) < 4.78 is 5.88. The van der Waals surface area contributed by atoms with Crippen LogP contribution in [0.25, 0.3) is 0 Å². The third kappa shape index (κ3) is 4.07. The van der Waals surface area contributed by atoms with Gasteiger partial charge in [-0.05, 0) is 72.5 Å². The zero-order valence-electron chi connectivity index (χ0n) is 15.5. The maximum atomic E-state index is 12.4. The van der Waals surface area contributed by atoms with Gasteiger partial charge in [-0.1, -0.05) is 12.0 Å². The molecule has 3 heteroatoms. The topological polar surface area (TPSA) is 38.3 Å². The van der Waals surface area contributed by atoms with Crippen molar-refractivity contribution in [2.75, 3.05) is 6.61 Å². The second kappa shape index (κ2) is 6.94. The maximum Gasteiger partial charge on any atom is 0.162 e. The molecule has 2 aliphatic rings. The fourth-order valence-electron chi connectivity index (χ4n) is 3.81. The molecule has 0 spiro atoms. The number of ketones is 1. The van der Waals surface area contributed by atoms with E-state index in [-0.39, 0.29) is 11.3 Å². The van der Waals surface area contributed by atoms with E-state index in [9.17, 15) is 4.79 Å². The van der Waals surface area contributed by atoms with Crippen LogP contribution in [0, 0.1) is 5.92 Å². The van der Waals surface area contributed by atoms with Gasteiger partial charge in [-0.3, -0.25) is 4.79 Å². The van der Waals surface area contributed by atoms with Gasteiger partial charge < -0.3 is 10.1 Å². The maximum absolute atomic E-state index is 12.4. The van der Waals surface area contributed by atoms with Crippen LogP contribution in [-0.4, -0.2) is 17.9 Å². The molecule has 0 aromatic rings. The quantitative estimate of drug-likeness (QED) is 0.750. The van der Waals surface area contributed by atoms with Crippen LogP contribution >= 0.6 is 0 Å².